The van der Waals surface area contributed by atoms with Gasteiger partial charge in [0.2, 0.25) is 5.91 Å². The first kappa shape index (κ1) is 10.3. The lowest BCUT2D eigenvalue weighted by molar-refractivity contribution is -0.138. The zero-order valence-corrected chi connectivity index (χ0v) is 8.47. The van der Waals surface area contributed by atoms with Gasteiger partial charge in [-0.2, -0.15) is 0 Å². The van der Waals surface area contributed by atoms with Crippen molar-refractivity contribution in [3.8, 4) is 0 Å². The number of rotatable bonds is 3. The minimum atomic E-state index is -0.197. The van der Waals surface area contributed by atoms with Crippen molar-refractivity contribution in [3.63, 3.8) is 0 Å². The molecule has 13 heavy (non-hydrogen) atoms. The van der Waals surface area contributed by atoms with Crippen molar-refractivity contribution in [2.45, 2.75) is 13.3 Å². The zero-order valence-electron chi connectivity index (χ0n) is 8.47. The van der Waals surface area contributed by atoms with E-state index in [1.807, 2.05) is 14.0 Å². The highest BCUT2D eigenvalue weighted by atomic mass is 16.2. The Morgan fingerprint density at radius 2 is 2.46 bits per heavy atom. The number of amides is 1. The Balaban J connectivity index is 2.59. The fourth-order valence-electron chi connectivity index (χ4n) is 1.74. The number of nitrogens with zero attached hydrogens (tertiary/aromatic N) is 1. The summed E-state index contributed by atoms with van der Waals surface area (Å²) in [6.45, 7) is 8.03. The van der Waals surface area contributed by atoms with E-state index >= 15 is 0 Å². The van der Waals surface area contributed by atoms with Crippen LogP contribution < -0.4 is 5.32 Å². The third kappa shape index (κ3) is 2.10. The topological polar surface area (TPSA) is 32.3 Å². The van der Waals surface area contributed by atoms with Crippen LogP contribution in [0.25, 0.3) is 0 Å². The molecule has 1 aliphatic rings. The lowest BCUT2D eigenvalue weighted by Crippen LogP contribution is -2.41. The van der Waals surface area contributed by atoms with Gasteiger partial charge in [-0.1, -0.05) is 6.08 Å². The van der Waals surface area contributed by atoms with Crippen LogP contribution in [0.4, 0.5) is 0 Å². The minimum Gasteiger partial charge on any atom is -0.342 e. The van der Waals surface area contributed by atoms with Gasteiger partial charge in [0, 0.05) is 20.1 Å². The summed E-state index contributed by atoms with van der Waals surface area (Å²) in [4.78, 5) is 13.6. The smallest absolute Gasteiger partial charge is 0.229 e. The van der Waals surface area contributed by atoms with Gasteiger partial charge in [0.15, 0.2) is 0 Å². The van der Waals surface area contributed by atoms with Crippen LogP contribution in [0.2, 0.25) is 0 Å². The SMILES string of the molecule is C=CCN(C)C(=O)C1(C)CCNC1. The van der Waals surface area contributed by atoms with Crippen LogP contribution >= 0.6 is 0 Å². The van der Waals surface area contributed by atoms with Crippen LogP contribution in [0.5, 0.6) is 0 Å². The van der Waals surface area contributed by atoms with Crippen molar-refractivity contribution in [1.82, 2.24) is 10.2 Å². The molecule has 1 saturated heterocycles. The molecule has 0 radical (unpaired) electrons. The van der Waals surface area contributed by atoms with E-state index in [0.29, 0.717) is 6.54 Å². The minimum absolute atomic E-state index is 0.197. The molecule has 0 aliphatic carbocycles. The number of likely N-dealkylation sites (N-methyl/N-ethyl adjacent to an activating group) is 1. The molecule has 3 nitrogen and oxygen atoms in total. The quantitative estimate of drug-likeness (QED) is 0.649. The molecule has 1 aliphatic heterocycles. The van der Waals surface area contributed by atoms with Gasteiger partial charge in [0.05, 0.1) is 5.41 Å². The molecule has 0 bridgehead atoms. The van der Waals surface area contributed by atoms with Crippen LogP contribution in [-0.2, 0) is 4.79 Å². The Morgan fingerprint density at radius 3 is 2.92 bits per heavy atom. The van der Waals surface area contributed by atoms with Crippen LogP contribution in [0.3, 0.4) is 0 Å². The maximum Gasteiger partial charge on any atom is 0.229 e. The summed E-state index contributed by atoms with van der Waals surface area (Å²) >= 11 is 0. The van der Waals surface area contributed by atoms with Crippen LogP contribution in [-0.4, -0.2) is 37.5 Å². The molecule has 1 rings (SSSR count). The standard InChI is InChI=1S/C10H18N2O/c1-4-7-12(3)9(13)10(2)5-6-11-8-10/h4,11H,1,5-8H2,2-3H3. The molecule has 1 N–H and O–H groups in total. The fourth-order valence-corrected chi connectivity index (χ4v) is 1.74. The van der Waals surface area contributed by atoms with Crippen molar-refractivity contribution in [2.75, 3.05) is 26.7 Å². The van der Waals surface area contributed by atoms with E-state index in [1.54, 1.807) is 11.0 Å². The van der Waals surface area contributed by atoms with Crippen molar-refractivity contribution in [2.24, 2.45) is 5.41 Å². The van der Waals surface area contributed by atoms with E-state index in [2.05, 4.69) is 11.9 Å². The summed E-state index contributed by atoms with van der Waals surface area (Å²) < 4.78 is 0. The number of hydrogen-bond acceptors (Lipinski definition) is 2. The lowest BCUT2D eigenvalue weighted by Gasteiger charge is -2.27. The molecule has 0 spiro atoms. The van der Waals surface area contributed by atoms with Gasteiger partial charge in [-0.15, -0.1) is 6.58 Å². The van der Waals surface area contributed by atoms with Gasteiger partial charge in [-0.3, -0.25) is 4.79 Å². The summed E-state index contributed by atoms with van der Waals surface area (Å²) in [5, 5.41) is 3.22. The second-order valence-electron chi connectivity index (χ2n) is 3.96. The first-order chi connectivity index (χ1) is 6.10. The summed E-state index contributed by atoms with van der Waals surface area (Å²) in [5.74, 6) is 0.220. The van der Waals surface area contributed by atoms with E-state index in [0.717, 1.165) is 19.5 Å². The second-order valence-corrected chi connectivity index (χ2v) is 3.96. The van der Waals surface area contributed by atoms with Gasteiger partial charge in [0.1, 0.15) is 0 Å². The molecule has 0 saturated carbocycles. The Bertz CT molecular complexity index is 207. The van der Waals surface area contributed by atoms with Gasteiger partial charge in [-0.25, -0.2) is 0 Å². The largest absolute Gasteiger partial charge is 0.342 e. The zero-order chi connectivity index (χ0) is 9.90. The maximum absolute atomic E-state index is 11.9. The van der Waals surface area contributed by atoms with E-state index in [-0.39, 0.29) is 11.3 Å². The number of carbonyl (C=O) groups is 1. The molecular formula is C10H18N2O. The molecule has 3 heteroatoms. The average molecular weight is 182 g/mol. The molecule has 0 aromatic carbocycles. The molecule has 0 aromatic rings. The Hall–Kier alpha value is -0.830. The van der Waals surface area contributed by atoms with Gasteiger partial charge in [0.25, 0.3) is 0 Å². The maximum atomic E-state index is 11.9. The number of carbonyl (C=O) groups excluding carboxylic acids is 1. The average Bonchev–Trinajstić information content (AvgIpc) is 2.52. The molecule has 1 fully saturated rings. The van der Waals surface area contributed by atoms with E-state index in [1.165, 1.54) is 0 Å². The summed E-state index contributed by atoms with van der Waals surface area (Å²) in [7, 11) is 1.83. The summed E-state index contributed by atoms with van der Waals surface area (Å²) in [6, 6.07) is 0. The first-order valence-corrected chi connectivity index (χ1v) is 4.67. The van der Waals surface area contributed by atoms with Crippen LogP contribution in [0.15, 0.2) is 12.7 Å². The molecular weight excluding hydrogens is 164 g/mol. The highest BCUT2D eigenvalue weighted by molar-refractivity contribution is 5.82. The van der Waals surface area contributed by atoms with Crippen LogP contribution in [0, 0.1) is 5.41 Å². The van der Waals surface area contributed by atoms with Gasteiger partial charge < -0.3 is 10.2 Å². The fraction of sp³-hybridized carbons (Fsp3) is 0.700. The molecule has 1 atom stereocenters. The monoisotopic (exact) mass is 182 g/mol. The van der Waals surface area contributed by atoms with Crippen molar-refractivity contribution in [1.29, 1.82) is 0 Å². The molecule has 1 amide bonds. The number of nitrogens with one attached hydrogen (secondary N) is 1. The van der Waals surface area contributed by atoms with Gasteiger partial charge in [-0.05, 0) is 19.9 Å². The third-order valence-electron chi connectivity index (χ3n) is 2.63. The predicted molar refractivity (Wildman–Crippen MR) is 53.4 cm³/mol. The molecule has 0 aromatic heterocycles. The molecule has 74 valence electrons. The van der Waals surface area contributed by atoms with E-state index in [4.69, 9.17) is 0 Å². The van der Waals surface area contributed by atoms with Crippen LogP contribution in [0.1, 0.15) is 13.3 Å². The lowest BCUT2D eigenvalue weighted by atomic mass is 9.88. The number of hydrogen-bond donors (Lipinski definition) is 1. The van der Waals surface area contributed by atoms with E-state index in [9.17, 15) is 4.79 Å². The van der Waals surface area contributed by atoms with Gasteiger partial charge >= 0.3 is 0 Å². The third-order valence-corrected chi connectivity index (χ3v) is 2.63. The summed E-state index contributed by atoms with van der Waals surface area (Å²) in [6.07, 6.45) is 2.69. The Morgan fingerprint density at radius 1 is 1.77 bits per heavy atom. The highest BCUT2D eigenvalue weighted by Crippen LogP contribution is 2.26. The predicted octanol–water partition coefficient (Wildman–Crippen LogP) is 0.630. The highest BCUT2D eigenvalue weighted by Gasteiger charge is 2.37. The summed E-state index contributed by atoms with van der Waals surface area (Å²) in [5.41, 5.74) is -0.197. The van der Waals surface area contributed by atoms with E-state index < -0.39 is 0 Å². The second kappa shape index (κ2) is 3.92. The Labute approximate surface area is 79.8 Å². The van der Waals surface area contributed by atoms with Crippen molar-refractivity contribution >= 4 is 5.91 Å². The molecule has 1 heterocycles. The normalized spacial score (nSPS) is 27.2. The molecule has 1 unspecified atom stereocenters. The van der Waals surface area contributed by atoms with Crippen molar-refractivity contribution < 1.29 is 4.79 Å². The van der Waals surface area contributed by atoms with Crippen molar-refractivity contribution in [3.05, 3.63) is 12.7 Å². The Kier molecular flexibility index (Phi) is 3.09. The first-order valence-electron chi connectivity index (χ1n) is 4.67.